The minimum atomic E-state index is 0.113. The van der Waals surface area contributed by atoms with E-state index in [4.69, 9.17) is 0 Å². The first-order chi connectivity index (χ1) is 9.79. The summed E-state index contributed by atoms with van der Waals surface area (Å²) in [7, 11) is 0. The van der Waals surface area contributed by atoms with E-state index in [9.17, 15) is 4.79 Å². The summed E-state index contributed by atoms with van der Waals surface area (Å²) in [6, 6.07) is 4.18. The highest BCUT2D eigenvalue weighted by Gasteiger charge is 2.31. The van der Waals surface area contributed by atoms with Crippen LogP contribution in [0.1, 0.15) is 46.0 Å². The Hall–Kier alpha value is -1.75. The maximum atomic E-state index is 12.6. The second kappa shape index (κ2) is 5.71. The summed E-state index contributed by atoms with van der Waals surface area (Å²) in [6.07, 6.45) is 8.25. The average molecular weight is 287 g/mol. The van der Waals surface area contributed by atoms with Crippen LogP contribution in [0.2, 0.25) is 0 Å². The van der Waals surface area contributed by atoms with Gasteiger partial charge in [-0.05, 0) is 37.0 Å². The molecule has 2 aromatic rings. The number of nitrogens with zero attached hydrogens (tertiary/aromatic N) is 3. The molecule has 3 rings (SSSR count). The molecule has 1 unspecified atom stereocenters. The zero-order valence-corrected chi connectivity index (χ0v) is 12.3. The van der Waals surface area contributed by atoms with Crippen LogP contribution in [0.15, 0.2) is 30.7 Å². The van der Waals surface area contributed by atoms with E-state index in [1.807, 2.05) is 17.0 Å². The van der Waals surface area contributed by atoms with Gasteiger partial charge in [-0.15, -0.1) is 11.3 Å². The number of amides is 1. The van der Waals surface area contributed by atoms with Crippen molar-refractivity contribution in [3.05, 3.63) is 46.2 Å². The summed E-state index contributed by atoms with van der Waals surface area (Å²) in [5.41, 5.74) is 1.17. The molecule has 1 atom stereocenters. The van der Waals surface area contributed by atoms with Crippen LogP contribution < -0.4 is 0 Å². The van der Waals surface area contributed by atoms with E-state index in [-0.39, 0.29) is 11.9 Å². The monoisotopic (exact) mass is 287 g/mol. The minimum absolute atomic E-state index is 0.113. The molecule has 0 bridgehead atoms. The Morgan fingerprint density at radius 3 is 2.95 bits per heavy atom. The van der Waals surface area contributed by atoms with Gasteiger partial charge >= 0.3 is 0 Å². The lowest BCUT2D eigenvalue weighted by Crippen LogP contribution is -2.29. The summed E-state index contributed by atoms with van der Waals surface area (Å²) >= 11 is 1.51. The van der Waals surface area contributed by atoms with E-state index >= 15 is 0 Å². The number of aryl methyl sites for hydroxylation is 1. The quantitative estimate of drug-likeness (QED) is 0.871. The van der Waals surface area contributed by atoms with Crippen molar-refractivity contribution < 1.29 is 4.79 Å². The fraction of sp³-hybridized carbons (Fsp3) is 0.400. The number of carbonyl (C=O) groups excluding carboxylic acids is 1. The Kier molecular flexibility index (Phi) is 3.78. The number of carbonyl (C=O) groups is 1. The van der Waals surface area contributed by atoms with Gasteiger partial charge in [0.25, 0.3) is 5.91 Å². The van der Waals surface area contributed by atoms with Gasteiger partial charge in [0.05, 0.1) is 17.2 Å². The lowest BCUT2D eigenvalue weighted by Gasteiger charge is -2.24. The third-order valence-electron chi connectivity index (χ3n) is 3.67. The molecule has 0 aliphatic carbocycles. The lowest BCUT2D eigenvalue weighted by molar-refractivity contribution is 0.0740. The number of hydrogen-bond donors (Lipinski definition) is 0. The van der Waals surface area contributed by atoms with Crippen molar-refractivity contribution >= 4 is 17.2 Å². The molecule has 0 radical (unpaired) electrons. The van der Waals surface area contributed by atoms with E-state index < -0.39 is 0 Å². The number of pyridine rings is 1. The predicted molar refractivity (Wildman–Crippen MR) is 78.7 cm³/mol. The van der Waals surface area contributed by atoms with E-state index in [2.05, 4.69) is 16.9 Å². The molecule has 0 N–H and O–H groups in total. The van der Waals surface area contributed by atoms with Crippen LogP contribution in [0.25, 0.3) is 0 Å². The van der Waals surface area contributed by atoms with Crippen molar-refractivity contribution in [3.8, 4) is 0 Å². The fourth-order valence-corrected chi connectivity index (χ4v) is 3.47. The summed E-state index contributed by atoms with van der Waals surface area (Å²) in [6.45, 7) is 2.88. The molecule has 3 heterocycles. The molecule has 1 fully saturated rings. The largest absolute Gasteiger partial charge is 0.331 e. The van der Waals surface area contributed by atoms with Crippen LogP contribution in [-0.2, 0) is 6.42 Å². The Morgan fingerprint density at radius 1 is 1.45 bits per heavy atom. The van der Waals surface area contributed by atoms with Crippen molar-refractivity contribution in [2.45, 2.75) is 32.2 Å². The maximum Gasteiger partial charge on any atom is 0.266 e. The van der Waals surface area contributed by atoms with Crippen LogP contribution >= 0.6 is 11.3 Å². The Balaban J connectivity index is 1.83. The summed E-state index contributed by atoms with van der Waals surface area (Å²) in [5.74, 6) is 0.113. The molecule has 104 valence electrons. The van der Waals surface area contributed by atoms with Gasteiger partial charge in [0.15, 0.2) is 0 Å². The van der Waals surface area contributed by atoms with Crippen molar-refractivity contribution in [3.63, 3.8) is 0 Å². The van der Waals surface area contributed by atoms with Gasteiger partial charge in [-0.3, -0.25) is 9.78 Å². The van der Waals surface area contributed by atoms with Crippen LogP contribution in [0.3, 0.4) is 0 Å². The first kappa shape index (κ1) is 13.2. The van der Waals surface area contributed by atoms with Gasteiger partial charge < -0.3 is 4.90 Å². The number of likely N-dealkylation sites (tertiary alicyclic amines) is 1. The molecule has 20 heavy (non-hydrogen) atoms. The number of hydrogen-bond acceptors (Lipinski definition) is 4. The van der Waals surface area contributed by atoms with Crippen molar-refractivity contribution in [1.82, 2.24) is 14.9 Å². The SMILES string of the molecule is CCc1ncc(C(=O)N2CCCC2c2ccncc2)s1. The van der Waals surface area contributed by atoms with Crippen molar-refractivity contribution in [2.75, 3.05) is 6.54 Å². The van der Waals surface area contributed by atoms with E-state index in [0.29, 0.717) is 0 Å². The molecule has 1 aliphatic heterocycles. The molecule has 1 aliphatic rings. The lowest BCUT2D eigenvalue weighted by atomic mass is 10.1. The van der Waals surface area contributed by atoms with Crippen LogP contribution in [0.5, 0.6) is 0 Å². The molecule has 0 aromatic carbocycles. The van der Waals surface area contributed by atoms with Gasteiger partial charge in [0.1, 0.15) is 4.88 Å². The highest BCUT2D eigenvalue weighted by molar-refractivity contribution is 7.13. The number of rotatable bonds is 3. The highest BCUT2D eigenvalue weighted by atomic mass is 32.1. The van der Waals surface area contributed by atoms with Gasteiger partial charge in [0, 0.05) is 18.9 Å². The standard InChI is InChI=1S/C15H17N3OS/c1-2-14-17-10-13(20-14)15(19)18-9-3-4-12(18)11-5-7-16-8-6-11/h5-8,10,12H,2-4,9H2,1H3. The predicted octanol–water partition coefficient (Wildman–Crippen LogP) is 3.08. The maximum absolute atomic E-state index is 12.6. The van der Waals surface area contributed by atoms with E-state index in [1.165, 1.54) is 16.9 Å². The Morgan fingerprint density at radius 2 is 2.25 bits per heavy atom. The Bertz CT molecular complexity index is 596. The zero-order chi connectivity index (χ0) is 13.9. The van der Waals surface area contributed by atoms with Crippen molar-refractivity contribution in [1.29, 1.82) is 0 Å². The third-order valence-corrected chi connectivity index (χ3v) is 4.80. The second-order valence-electron chi connectivity index (χ2n) is 4.91. The second-order valence-corrected chi connectivity index (χ2v) is 6.02. The molecule has 5 heteroatoms. The van der Waals surface area contributed by atoms with Gasteiger partial charge in [-0.2, -0.15) is 0 Å². The molecule has 1 saturated heterocycles. The number of thiazole rings is 1. The van der Waals surface area contributed by atoms with E-state index in [1.54, 1.807) is 18.6 Å². The van der Waals surface area contributed by atoms with E-state index in [0.717, 1.165) is 35.7 Å². The smallest absolute Gasteiger partial charge is 0.266 e. The molecule has 4 nitrogen and oxygen atoms in total. The number of aromatic nitrogens is 2. The van der Waals surface area contributed by atoms with Gasteiger partial charge in [-0.1, -0.05) is 6.92 Å². The van der Waals surface area contributed by atoms with Crippen LogP contribution in [0, 0.1) is 0 Å². The molecular formula is C15H17N3OS. The normalized spacial score (nSPS) is 18.4. The van der Waals surface area contributed by atoms with Gasteiger partial charge in [0.2, 0.25) is 0 Å². The fourth-order valence-electron chi connectivity index (χ4n) is 2.66. The third kappa shape index (κ3) is 2.45. The Labute approximate surface area is 122 Å². The van der Waals surface area contributed by atoms with Gasteiger partial charge in [-0.25, -0.2) is 4.98 Å². The minimum Gasteiger partial charge on any atom is -0.331 e. The molecule has 1 amide bonds. The van der Waals surface area contributed by atoms with Crippen LogP contribution in [-0.4, -0.2) is 27.3 Å². The first-order valence-corrected chi connectivity index (χ1v) is 7.77. The molecule has 2 aromatic heterocycles. The summed E-state index contributed by atoms with van der Waals surface area (Å²) in [5, 5.41) is 1.02. The average Bonchev–Trinajstić information content (AvgIpc) is 3.16. The van der Waals surface area contributed by atoms with Crippen molar-refractivity contribution in [2.24, 2.45) is 0 Å². The highest BCUT2D eigenvalue weighted by Crippen LogP contribution is 2.33. The molecule has 0 saturated carbocycles. The summed E-state index contributed by atoms with van der Waals surface area (Å²) < 4.78 is 0. The van der Waals surface area contributed by atoms with Crippen LogP contribution in [0.4, 0.5) is 0 Å². The molecule has 0 spiro atoms. The topological polar surface area (TPSA) is 46.1 Å². The first-order valence-electron chi connectivity index (χ1n) is 6.95. The molecular weight excluding hydrogens is 270 g/mol. The zero-order valence-electron chi connectivity index (χ0n) is 11.5. The summed E-state index contributed by atoms with van der Waals surface area (Å²) in [4.78, 5) is 23.7.